The molecule has 0 saturated heterocycles. The highest BCUT2D eigenvalue weighted by Gasteiger charge is 2.20. The van der Waals surface area contributed by atoms with Gasteiger partial charge in [-0.2, -0.15) is 0 Å². The Morgan fingerprint density at radius 2 is 2.14 bits per heavy atom. The minimum Gasteiger partial charge on any atom is -0.395 e. The minimum atomic E-state index is -0.228. The molecule has 0 radical (unpaired) electrons. The number of carbonyl (C=O) groups excluding carboxylic acids is 1. The van der Waals surface area contributed by atoms with Crippen molar-refractivity contribution >= 4 is 11.9 Å². The molecule has 8 nitrogen and oxygen atoms in total. The van der Waals surface area contributed by atoms with Gasteiger partial charge in [0.15, 0.2) is 0 Å². The van der Waals surface area contributed by atoms with Gasteiger partial charge in [-0.15, -0.1) is 0 Å². The van der Waals surface area contributed by atoms with Gasteiger partial charge in [0.2, 0.25) is 5.95 Å². The van der Waals surface area contributed by atoms with Crippen LogP contribution in [0.25, 0.3) is 0 Å². The molecule has 118 valence electrons. The number of nitrogens with zero attached hydrogens (tertiary/aromatic N) is 5. The van der Waals surface area contributed by atoms with E-state index < -0.39 is 0 Å². The maximum Gasteiger partial charge on any atom is 0.257 e. The number of hydrogen-bond acceptors (Lipinski definition) is 6. The maximum atomic E-state index is 12.6. The molecule has 2 aromatic rings. The first kappa shape index (κ1) is 15.9. The minimum absolute atomic E-state index is 0.123. The van der Waals surface area contributed by atoms with Gasteiger partial charge in [0.25, 0.3) is 5.91 Å². The molecule has 0 bridgehead atoms. The highest BCUT2D eigenvalue weighted by molar-refractivity contribution is 5.95. The van der Waals surface area contributed by atoms with Crippen LogP contribution in [0.4, 0.5) is 5.95 Å². The second-order valence-electron chi connectivity index (χ2n) is 5.05. The van der Waals surface area contributed by atoms with E-state index in [2.05, 4.69) is 19.9 Å². The van der Waals surface area contributed by atoms with E-state index in [4.69, 9.17) is 0 Å². The zero-order valence-electron chi connectivity index (χ0n) is 12.9. The van der Waals surface area contributed by atoms with Crippen LogP contribution in [0.2, 0.25) is 0 Å². The van der Waals surface area contributed by atoms with Gasteiger partial charge >= 0.3 is 0 Å². The van der Waals surface area contributed by atoms with Crippen LogP contribution in [0.3, 0.4) is 0 Å². The van der Waals surface area contributed by atoms with E-state index in [0.29, 0.717) is 29.6 Å². The van der Waals surface area contributed by atoms with Gasteiger partial charge in [0, 0.05) is 39.2 Å². The number of nitrogens with one attached hydrogen (secondary N) is 1. The first-order valence-electron chi connectivity index (χ1n) is 6.92. The molecule has 2 heterocycles. The van der Waals surface area contributed by atoms with E-state index in [9.17, 15) is 9.90 Å². The zero-order chi connectivity index (χ0) is 16.1. The number of aliphatic hydroxyl groups is 1. The highest BCUT2D eigenvalue weighted by atomic mass is 16.3. The summed E-state index contributed by atoms with van der Waals surface area (Å²) >= 11 is 0. The Hall–Kier alpha value is -2.48. The van der Waals surface area contributed by atoms with Gasteiger partial charge < -0.3 is 19.9 Å². The van der Waals surface area contributed by atoms with E-state index in [1.54, 1.807) is 24.2 Å². The van der Waals surface area contributed by atoms with E-state index >= 15 is 0 Å². The molecular formula is C14H20N6O2. The van der Waals surface area contributed by atoms with Crippen LogP contribution in [0.5, 0.6) is 0 Å². The van der Waals surface area contributed by atoms with Gasteiger partial charge in [-0.1, -0.05) is 0 Å². The molecule has 0 unspecified atom stereocenters. The summed E-state index contributed by atoms with van der Waals surface area (Å²) in [5.74, 6) is 0.979. The number of anilines is 1. The van der Waals surface area contributed by atoms with Gasteiger partial charge in [-0.25, -0.2) is 15.0 Å². The van der Waals surface area contributed by atoms with Gasteiger partial charge in [-0.3, -0.25) is 4.79 Å². The van der Waals surface area contributed by atoms with Crippen LogP contribution in [-0.2, 0) is 6.54 Å². The fourth-order valence-electron chi connectivity index (χ4n) is 1.99. The van der Waals surface area contributed by atoms with Crippen LogP contribution in [0.15, 0.2) is 18.6 Å². The van der Waals surface area contributed by atoms with Crippen molar-refractivity contribution in [2.75, 3.05) is 32.1 Å². The van der Waals surface area contributed by atoms with Crippen molar-refractivity contribution in [1.29, 1.82) is 0 Å². The first-order valence-corrected chi connectivity index (χ1v) is 6.92. The molecule has 8 heteroatoms. The summed E-state index contributed by atoms with van der Waals surface area (Å²) in [6, 6.07) is 0. The number of imidazole rings is 1. The van der Waals surface area contributed by atoms with Crippen LogP contribution in [-0.4, -0.2) is 63.1 Å². The summed E-state index contributed by atoms with van der Waals surface area (Å²) in [5, 5.41) is 9.18. The van der Waals surface area contributed by atoms with Crippen molar-refractivity contribution in [1.82, 2.24) is 24.8 Å². The number of aromatic amines is 1. The fraction of sp³-hybridized carbons (Fsp3) is 0.429. The quantitative estimate of drug-likeness (QED) is 0.791. The molecule has 0 spiro atoms. The summed E-state index contributed by atoms with van der Waals surface area (Å²) < 4.78 is 0. The first-order chi connectivity index (χ1) is 10.5. The largest absolute Gasteiger partial charge is 0.395 e. The molecule has 0 aromatic carbocycles. The molecule has 2 aromatic heterocycles. The predicted octanol–water partition coefficient (Wildman–Crippen LogP) is 0.209. The number of aliphatic hydroxyl groups excluding tert-OH is 1. The second kappa shape index (κ2) is 6.99. The van der Waals surface area contributed by atoms with Gasteiger partial charge in [0.05, 0.1) is 24.4 Å². The molecule has 22 heavy (non-hydrogen) atoms. The molecule has 2 N–H and O–H groups in total. The van der Waals surface area contributed by atoms with Crippen molar-refractivity contribution < 1.29 is 9.90 Å². The van der Waals surface area contributed by atoms with Crippen molar-refractivity contribution in [2.45, 2.75) is 13.5 Å². The number of H-pyrrole nitrogens is 1. The van der Waals surface area contributed by atoms with Gasteiger partial charge in [-0.05, 0) is 6.92 Å². The lowest BCUT2D eigenvalue weighted by atomic mass is 10.2. The van der Waals surface area contributed by atoms with Gasteiger partial charge in [0.1, 0.15) is 5.82 Å². The second-order valence-corrected chi connectivity index (χ2v) is 5.05. The smallest absolute Gasteiger partial charge is 0.257 e. The normalized spacial score (nSPS) is 10.5. The summed E-state index contributed by atoms with van der Waals surface area (Å²) in [6.07, 6.45) is 4.83. The predicted molar refractivity (Wildman–Crippen MR) is 81.5 cm³/mol. The lowest BCUT2D eigenvalue weighted by Crippen LogP contribution is -2.34. The Labute approximate surface area is 128 Å². The SMILES string of the molecule is Cc1nc(N(C)C)ncc1C(=O)N(CCO)Cc1ncc[nH]1. The molecule has 0 fully saturated rings. The fourth-order valence-corrected chi connectivity index (χ4v) is 1.99. The summed E-state index contributed by atoms with van der Waals surface area (Å²) in [4.78, 5) is 31.5. The summed E-state index contributed by atoms with van der Waals surface area (Å²) in [6.45, 7) is 2.16. The Morgan fingerprint density at radius 1 is 1.36 bits per heavy atom. The molecule has 2 rings (SSSR count). The van der Waals surface area contributed by atoms with E-state index in [0.717, 1.165) is 0 Å². The van der Waals surface area contributed by atoms with Crippen molar-refractivity contribution in [2.24, 2.45) is 0 Å². The topological polar surface area (TPSA) is 98.2 Å². The summed E-state index contributed by atoms with van der Waals surface area (Å²) in [5.41, 5.74) is 1.02. The lowest BCUT2D eigenvalue weighted by Gasteiger charge is -2.21. The van der Waals surface area contributed by atoms with Crippen molar-refractivity contribution in [3.63, 3.8) is 0 Å². The molecule has 1 amide bonds. The number of aromatic nitrogens is 4. The third-order valence-electron chi connectivity index (χ3n) is 3.15. The zero-order valence-corrected chi connectivity index (χ0v) is 12.9. The van der Waals surface area contributed by atoms with E-state index in [1.165, 1.54) is 11.1 Å². The Balaban J connectivity index is 2.23. The standard InChI is InChI=1S/C14H20N6O2/c1-10-11(8-17-14(18-10)19(2)3)13(22)20(6-7-21)9-12-15-4-5-16-12/h4-5,8,21H,6-7,9H2,1-3H3,(H,15,16). The number of aryl methyl sites for hydroxylation is 1. The van der Waals surface area contributed by atoms with Crippen LogP contribution in [0, 0.1) is 6.92 Å². The Morgan fingerprint density at radius 3 is 2.68 bits per heavy atom. The molecule has 0 atom stereocenters. The highest BCUT2D eigenvalue weighted by Crippen LogP contribution is 2.13. The van der Waals surface area contributed by atoms with E-state index in [1.807, 2.05) is 14.1 Å². The number of hydrogen-bond donors (Lipinski definition) is 2. The monoisotopic (exact) mass is 304 g/mol. The third-order valence-corrected chi connectivity index (χ3v) is 3.15. The average molecular weight is 304 g/mol. The van der Waals surface area contributed by atoms with Crippen LogP contribution >= 0.6 is 0 Å². The molecule has 0 saturated carbocycles. The third kappa shape index (κ3) is 3.59. The number of carbonyl (C=O) groups is 1. The molecular weight excluding hydrogens is 284 g/mol. The lowest BCUT2D eigenvalue weighted by molar-refractivity contribution is 0.0701. The van der Waals surface area contributed by atoms with Crippen molar-refractivity contribution in [3.8, 4) is 0 Å². The number of rotatable bonds is 6. The average Bonchev–Trinajstić information content (AvgIpc) is 2.99. The molecule has 0 aliphatic heterocycles. The number of amides is 1. The Bertz CT molecular complexity index is 626. The van der Waals surface area contributed by atoms with Crippen LogP contribution in [0.1, 0.15) is 21.9 Å². The van der Waals surface area contributed by atoms with Crippen LogP contribution < -0.4 is 4.90 Å². The molecule has 0 aliphatic rings. The van der Waals surface area contributed by atoms with E-state index in [-0.39, 0.29) is 19.1 Å². The Kier molecular flexibility index (Phi) is 5.05. The summed E-state index contributed by atoms with van der Waals surface area (Å²) in [7, 11) is 3.68. The van der Waals surface area contributed by atoms with Crippen molar-refractivity contribution in [3.05, 3.63) is 35.7 Å². The maximum absolute atomic E-state index is 12.6. The molecule has 0 aliphatic carbocycles.